The highest BCUT2D eigenvalue weighted by Gasteiger charge is 2.48. The second-order valence-corrected chi connectivity index (χ2v) is 34.9. The fourth-order valence-corrected chi connectivity index (χ4v) is 20.2. The Hall–Kier alpha value is -8.05. The Labute approximate surface area is 626 Å². The lowest BCUT2D eigenvalue weighted by Gasteiger charge is -2.41. The first-order valence-corrected chi connectivity index (χ1v) is 41.2. The number of sulfonamides is 2. The van der Waals surface area contributed by atoms with E-state index in [1.807, 2.05) is 9.80 Å². The molecule has 6 saturated heterocycles. The van der Waals surface area contributed by atoms with Crippen LogP contribution < -0.4 is 45.6 Å². The number of nitrogens with two attached hydrogens (primary N) is 3. The number of rotatable bonds is 23. The zero-order chi connectivity index (χ0) is 77.8. The van der Waals surface area contributed by atoms with E-state index in [9.17, 15) is 79.2 Å². The number of nitrogens with zero attached hydrogens (tertiary/aromatic N) is 3. The van der Waals surface area contributed by atoms with Crippen molar-refractivity contribution >= 4 is 47.6 Å². The first kappa shape index (κ1) is 80.5. The largest absolute Gasteiger partial charge is 0.486 e. The summed E-state index contributed by atoms with van der Waals surface area (Å²) in [4.78, 5) is 44.8. The van der Waals surface area contributed by atoms with E-state index < -0.39 is 100 Å². The van der Waals surface area contributed by atoms with Gasteiger partial charge in [-0.15, -0.1) is 0 Å². The third-order valence-corrected chi connectivity index (χ3v) is 26.9. The van der Waals surface area contributed by atoms with Gasteiger partial charge in [0.1, 0.15) is 43.9 Å². The van der Waals surface area contributed by atoms with Gasteiger partial charge in [0.15, 0.2) is 67.7 Å². The molecule has 14 rings (SSSR count). The lowest BCUT2D eigenvalue weighted by atomic mass is 9.82. The SMILES string of the molecule is N[C@H](Cc1cc(F)c(F)cc1F)C1C[C@H]2CC[C@@H](C1)N2C(=O)CCNS(=O)(=O)c1ccc2c(c1)OCCO2.N[C@H](Cc1cc(F)c(F)cc1F)C1C[C@H]2CC[C@@H](C1)N2C(=O)CCNS(=O)(=O)c1ccccc1.N[C@H](Cc1cc(F)c(F)cc1F)C1C[C@H]2CC[C@@H](C1)N2C(=O)CCS(=O)(=O)c1ccc2c(c1)OCCO2. The number of halogens is 9. The molecule has 0 aromatic heterocycles. The summed E-state index contributed by atoms with van der Waals surface area (Å²) in [5.74, 6) is -8.58. The Morgan fingerprint density at radius 1 is 0.376 bits per heavy atom. The van der Waals surface area contributed by atoms with Crippen molar-refractivity contribution in [1.82, 2.24) is 24.1 Å². The number of sulfone groups is 1. The summed E-state index contributed by atoms with van der Waals surface area (Å²) in [5.41, 5.74) is 19.2. The highest BCUT2D eigenvalue weighted by atomic mass is 32.2. The lowest BCUT2D eigenvalue weighted by Crippen LogP contribution is -2.50. The molecule has 8 aliphatic heterocycles. The van der Waals surface area contributed by atoms with Gasteiger partial charge in [0.05, 0.1) is 20.4 Å². The number of carbonyl (C=O) groups is 3. The van der Waals surface area contributed by atoms with Crippen LogP contribution in [0.25, 0.3) is 0 Å². The van der Waals surface area contributed by atoms with Crippen LogP contribution in [0.4, 0.5) is 39.5 Å². The highest BCUT2D eigenvalue weighted by molar-refractivity contribution is 7.91. The van der Waals surface area contributed by atoms with Crippen molar-refractivity contribution in [2.75, 3.05) is 45.3 Å². The summed E-state index contributed by atoms with van der Waals surface area (Å²) in [6, 6.07) is 19.3. The number of amides is 3. The van der Waals surface area contributed by atoms with Crippen molar-refractivity contribution in [2.45, 2.75) is 185 Å². The number of benzene rings is 6. The molecule has 6 aromatic rings. The lowest BCUT2D eigenvalue weighted by molar-refractivity contribution is -0.137. The number of fused-ring (bicyclic) bond motifs is 8. The molecular formula is C76H87F9N8O13S3. The molecule has 0 saturated carbocycles. The fourth-order valence-electron chi connectivity index (χ4n) is 16.8. The van der Waals surface area contributed by atoms with Gasteiger partial charge in [0.2, 0.25) is 37.8 Å². The van der Waals surface area contributed by atoms with Crippen LogP contribution in [-0.4, -0.2) is 157 Å². The van der Waals surface area contributed by atoms with E-state index in [0.717, 1.165) is 56.7 Å². The monoisotopic (exact) mass is 1590 g/mol. The topological polar surface area (TPSA) is 302 Å². The van der Waals surface area contributed by atoms with Crippen LogP contribution in [0.2, 0.25) is 0 Å². The molecule has 8 heterocycles. The van der Waals surface area contributed by atoms with Gasteiger partial charge in [0.25, 0.3) is 0 Å². The molecule has 3 unspecified atom stereocenters. The molecule has 21 nitrogen and oxygen atoms in total. The van der Waals surface area contributed by atoms with E-state index in [0.29, 0.717) is 106 Å². The average Bonchev–Trinajstić information content (AvgIpc) is 1.68. The zero-order valence-electron chi connectivity index (χ0n) is 59.4. The maximum absolute atomic E-state index is 14.1. The van der Waals surface area contributed by atoms with Crippen LogP contribution >= 0.6 is 0 Å². The minimum atomic E-state index is -3.84. The van der Waals surface area contributed by atoms with Crippen LogP contribution in [0.15, 0.2) is 118 Å². The molecule has 6 bridgehead atoms. The van der Waals surface area contributed by atoms with Crippen molar-refractivity contribution in [1.29, 1.82) is 0 Å². The van der Waals surface area contributed by atoms with Gasteiger partial charge in [-0.25, -0.2) is 74.2 Å². The van der Waals surface area contributed by atoms with Crippen molar-refractivity contribution < 1.29 is 98.1 Å². The fraction of sp³-hybridized carbons (Fsp3) is 0.487. The molecule has 0 spiro atoms. The summed E-state index contributed by atoms with van der Waals surface area (Å²) in [6.45, 7) is 1.43. The normalized spacial score (nSPS) is 23.4. The summed E-state index contributed by atoms with van der Waals surface area (Å²) in [5, 5.41) is 0. The molecule has 8 N–H and O–H groups in total. The summed E-state index contributed by atoms with van der Waals surface area (Å²) in [7, 11) is -11.2. The van der Waals surface area contributed by atoms with Crippen LogP contribution in [-0.2, 0) is 63.5 Å². The highest BCUT2D eigenvalue weighted by Crippen LogP contribution is 2.45. The van der Waals surface area contributed by atoms with Gasteiger partial charge < -0.3 is 50.8 Å². The van der Waals surface area contributed by atoms with Gasteiger partial charge in [-0.2, -0.15) is 0 Å². The molecule has 0 aliphatic carbocycles. The van der Waals surface area contributed by atoms with Gasteiger partial charge >= 0.3 is 0 Å². The molecule has 33 heteroatoms. The maximum Gasteiger partial charge on any atom is 0.240 e. The number of hydrogen-bond donors (Lipinski definition) is 5. The molecule has 8 aliphatic rings. The number of piperidine rings is 3. The van der Waals surface area contributed by atoms with E-state index >= 15 is 0 Å². The van der Waals surface area contributed by atoms with Crippen LogP contribution in [0.3, 0.4) is 0 Å². The maximum atomic E-state index is 14.1. The number of ether oxygens (including phenoxy) is 4. The predicted molar refractivity (Wildman–Crippen MR) is 381 cm³/mol. The van der Waals surface area contributed by atoms with E-state index in [-0.39, 0.29) is 160 Å². The predicted octanol–water partition coefficient (Wildman–Crippen LogP) is 9.37. The molecule has 6 fully saturated rings. The Bertz CT molecular complexity index is 4660. The van der Waals surface area contributed by atoms with Gasteiger partial charge in [-0.3, -0.25) is 14.4 Å². The molecular weight excluding hydrogens is 1500 g/mol. The summed E-state index contributed by atoms with van der Waals surface area (Å²) in [6.07, 6.45) is 8.72. The molecule has 6 aromatic carbocycles. The van der Waals surface area contributed by atoms with E-state index in [1.54, 1.807) is 35.2 Å². The molecule has 3 amide bonds. The van der Waals surface area contributed by atoms with Crippen LogP contribution in [0.1, 0.15) is 113 Å². The smallest absolute Gasteiger partial charge is 0.240 e. The summed E-state index contributed by atoms with van der Waals surface area (Å²) < 4.78 is 225. The second-order valence-electron chi connectivity index (χ2n) is 29.2. The Morgan fingerprint density at radius 2 is 0.679 bits per heavy atom. The Balaban J connectivity index is 0.000000153. The second kappa shape index (κ2) is 34.3. The first-order chi connectivity index (χ1) is 51.9. The standard InChI is InChI=1S/C26H30F3N3O5S.C26H29F3N2O5S.C24H28F3N3O3S/c27-20-14-22(29)21(28)11-15(20)12-23(30)16-9-17-1-2-18(10-16)32(17)26(33)5-6-31-38(34,35)19-3-4-24-25(13-19)37-8-7-36-24;27-20-14-22(29)21(28)11-15(20)12-23(30)16-9-17-1-2-18(10-16)31(17)26(32)5-8-37(33,34)19-3-4-24-25(13-19)36-7-6-35-24;25-20-14-22(27)21(26)12-15(20)13-23(28)16-10-17-6-7-18(11-16)30(17)24(31)8-9-29-34(32,33)19-4-2-1-3-5-19/h3-4,11,13-14,16-18,23,31H,1-2,5-10,12,30H2;3-4,11,13-14,16-18,23H,1-2,5-10,12,30H2;1-5,12,14,16-18,23,29H,6-11,13,28H2/t3*16?,17-,18+,23-/m111/s1. The molecule has 0 radical (unpaired) electrons. The van der Waals surface area contributed by atoms with E-state index in [2.05, 4.69) is 9.44 Å². The zero-order valence-corrected chi connectivity index (χ0v) is 61.9. The number of hydrogen-bond acceptors (Lipinski definition) is 16. The molecule has 12 atom stereocenters. The van der Waals surface area contributed by atoms with E-state index in [4.69, 9.17) is 36.1 Å². The third kappa shape index (κ3) is 19.0. The molecule has 590 valence electrons. The Kier molecular flexibility index (Phi) is 25.3. The molecule has 109 heavy (non-hydrogen) atoms. The number of carbonyl (C=O) groups excluding carboxylic acids is 3. The average molecular weight is 1590 g/mol. The van der Waals surface area contributed by atoms with Crippen molar-refractivity contribution in [3.8, 4) is 23.0 Å². The van der Waals surface area contributed by atoms with E-state index in [1.165, 1.54) is 36.4 Å². The third-order valence-electron chi connectivity index (χ3n) is 22.2. The number of nitrogens with one attached hydrogen (secondary N) is 2. The summed E-state index contributed by atoms with van der Waals surface area (Å²) >= 11 is 0. The van der Waals surface area contributed by atoms with Crippen molar-refractivity contribution in [3.63, 3.8) is 0 Å². The minimum Gasteiger partial charge on any atom is -0.486 e. The van der Waals surface area contributed by atoms with Gasteiger partial charge in [-0.05, 0) is 185 Å². The van der Waals surface area contributed by atoms with Crippen LogP contribution in [0, 0.1) is 70.1 Å². The van der Waals surface area contributed by atoms with Gasteiger partial charge in [0, 0.05) is 117 Å². The van der Waals surface area contributed by atoms with Crippen molar-refractivity contribution in [2.24, 2.45) is 35.0 Å². The van der Waals surface area contributed by atoms with Crippen molar-refractivity contribution in [3.05, 3.63) is 172 Å². The minimum absolute atomic E-state index is 0.00206. The first-order valence-electron chi connectivity index (χ1n) is 36.6. The Morgan fingerprint density at radius 3 is 1.04 bits per heavy atom. The quantitative estimate of drug-likeness (QED) is 0.0295. The van der Waals surface area contributed by atoms with Crippen LogP contribution in [0.5, 0.6) is 23.0 Å². The van der Waals surface area contributed by atoms with Gasteiger partial charge in [-0.1, -0.05) is 18.2 Å².